The molecule has 1 saturated heterocycles. The van der Waals surface area contributed by atoms with Gasteiger partial charge in [0.1, 0.15) is 5.82 Å². The molecule has 5 heteroatoms. The van der Waals surface area contributed by atoms with E-state index in [1.54, 1.807) is 13.0 Å². The monoisotopic (exact) mass is 310 g/mol. The van der Waals surface area contributed by atoms with Crippen molar-refractivity contribution in [1.82, 2.24) is 15.4 Å². The Balaban J connectivity index is 1.65. The van der Waals surface area contributed by atoms with Gasteiger partial charge in [-0.1, -0.05) is 30.3 Å². The number of nitrogen functional groups attached to an aromatic ring is 1. The molecule has 5 nitrogen and oxygen atoms in total. The van der Waals surface area contributed by atoms with Crippen molar-refractivity contribution in [3.63, 3.8) is 0 Å². The minimum Gasteiger partial charge on any atom is -0.384 e. The van der Waals surface area contributed by atoms with Crippen molar-refractivity contribution < 1.29 is 4.79 Å². The predicted octanol–water partition coefficient (Wildman–Crippen LogP) is 2.56. The summed E-state index contributed by atoms with van der Waals surface area (Å²) >= 11 is 0. The number of hydrogen-bond donors (Lipinski definition) is 2. The number of hydrazine groups is 1. The molecule has 0 unspecified atom stereocenters. The third-order valence-corrected chi connectivity index (χ3v) is 4.26. The van der Waals surface area contributed by atoms with E-state index < -0.39 is 0 Å². The number of anilines is 1. The van der Waals surface area contributed by atoms with Crippen molar-refractivity contribution in [1.29, 1.82) is 0 Å². The lowest BCUT2D eigenvalue weighted by Crippen LogP contribution is -2.45. The fourth-order valence-electron chi connectivity index (χ4n) is 3.09. The molecule has 1 aliphatic rings. The Morgan fingerprint density at radius 2 is 1.87 bits per heavy atom. The van der Waals surface area contributed by atoms with Gasteiger partial charge in [0.25, 0.3) is 0 Å². The van der Waals surface area contributed by atoms with Crippen molar-refractivity contribution >= 4 is 11.7 Å². The summed E-state index contributed by atoms with van der Waals surface area (Å²) in [6.45, 7) is 3.33. The molecule has 2 heterocycles. The second kappa shape index (κ2) is 6.79. The molecule has 0 saturated carbocycles. The molecule has 0 spiro atoms. The highest BCUT2D eigenvalue weighted by atomic mass is 16.2. The van der Waals surface area contributed by atoms with Crippen molar-refractivity contribution in [2.75, 3.05) is 18.8 Å². The molecule has 2 aromatic rings. The Kier molecular flexibility index (Phi) is 4.57. The largest absolute Gasteiger partial charge is 0.384 e. The maximum absolute atomic E-state index is 11.1. The molecular weight excluding hydrogens is 288 g/mol. The summed E-state index contributed by atoms with van der Waals surface area (Å²) in [7, 11) is 0. The molecule has 0 bridgehead atoms. The molecule has 120 valence electrons. The third kappa shape index (κ3) is 3.87. The van der Waals surface area contributed by atoms with Crippen LogP contribution in [0.5, 0.6) is 0 Å². The Labute approximate surface area is 136 Å². The van der Waals surface area contributed by atoms with E-state index >= 15 is 0 Å². The molecule has 1 fully saturated rings. The summed E-state index contributed by atoms with van der Waals surface area (Å²) in [5, 5.41) is 2.00. The van der Waals surface area contributed by atoms with E-state index in [2.05, 4.69) is 34.7 Å². The van der Waals surface area contributed by atoms with E-state index in [0.717, 1.165) is 37.2 Å². The third-order valence-electron chi connectivity index (χ3n) is 4.26. The summed E-state index contributed by atoms with van der Waals surface area (Å²) in [6.07, 6.45) is 2.10. The second-order valence-electron chi connectivity index (χ2n) is 6.00. The molecule has 0 aliphatic carbocycles. The van der Waals surface area contributed by atoms with Crippen molar-refractivity contribution in [2.24, 2.45) is 0 Å². The Morgan fingerprint density at radius 3 is 2.48 bits per heavy atom. The molecule has 1 aromatic heterocycles. The van der Waals surface area contributed by atoms with E-state index in [-0.39, 0.29) is 5.91 Å². The van der Waals surface area contributed by atoms with Crippen LogP contribution < -0.4 is 11.2 Å². The van der Waals surface area contributed by atoms with Gasteiger partial charge in [-0.15, -0.1) is 0 Å². The molecular formula is C18H22N4O. The van der Waals surface area contributed by atoms with E-state index in [9.17, 15) is 4.79 Å². The Morgan fingerprint density at radius 1 is 1.17 bits per heavy atom. The van der Waals surface area contributed by atoms with Crippen LogP contribution in [0.25, 0.3) is 11.3 Å². The van der Waals surface area contributed by atoms with Crippen molar-refractivity contribution in [2.45, 2.75) is 25.7 Å². The van der Waals surface area contributed by atoms with Crippen LogP contribution in [0, 0.1) is 0 Å². The van der Waals surface area contributed by atoms with Gasteiger partial charge in [0.15, 0.2) is 0 Å². The normalized spacial score (nSPS) is 16.2. The number of carbonyl (C=O) groups is 1. The lowest BCUT2D eigenvalue weighted by molar-refractivity contribution is -0.124. The van der Waals surface area contributed by atoms with Crippen LogP contribution in [0.2, 0.25) is 0 Å². The van der Waals surface area contributed by atoms with Gasteiger partial charge in [-0.25, -0.2) is 9.99 Å². The lowest BCUT2D eigenvalue weighted by Gasteiger charge is -2.32. The summed E-state index contributed by atoms with van der Waals surface area (Å²) in [6, 6.07) is 14.3. The number of carbonyl (C=O) groups excluding carboxylic acids is 1. The highest BCUT2D eigenvalue weighted by Crippen LogP contribution is 2.29. The molecule has 3 rings (SSSR count). The standard InChI is InChI=1S/C18H22N4O/c1-13(23)21-22-11-9-15(10-12-22)14-5-7-16(8-6-14)17-3-2-4-18(19)20-17/h2-8,15H,9-12H2,1H3,(H2,19,20)(H,21,23). The van der Waals surface area contributed by atoms with Gasteiger partial charge in [0, 0.05) is 25.6 Å². The maximum atomic E-state index is 11.1. The number of rotatable bonds is 3. The number of piperidine rings is 1. The molecule has 23 heavy (non-hydrogen) atoms. The fourth-order valence-corrected chi connectivity index (χ4v) is 3.09. The molecule has 1 aromatic carbocycles. The Bertz CT molecular complexity index is 676. The molecule has 0 radical (unpaired) electrons. The number of benzene rings is 1. The highest BCUT2D eigenvalue weighted by molar-refractivity contribution is 5.72. The van der Waals surface area contributed by atoms with Gasteiger partial charge in [0.2, 0.25) is 5.91 Å². The minimum atomic E-state index is 0.00226. The summed E-state index contributed by atoms with van der Waals surface area (Å²) in [4.78, 5) is 15.4. The maximum Gasteiger partial charge on any atom is 0.231 e. The second-order valence-corrected chi connectivity index (χ2v) is 6.00. The van der Waals surface area contributed by atoms with Gasteiger partial charge < -0.3 is 5.73 Å². The number of nitrogens with zero attached hydrogens (tertiary/aromatic N) is 2. The average molecular weight is 310 g/mol. The first-order valence-electron chi connectivity index (χ1n) is 7.97. The number of nitrogens with one attached hydrogen (secondary N) is 1. The predicted molar refractivity (Wildman–Crippen MR) is 91.5 cm³/mol. The molecule has 1 aliphatic heterocycles. The number of amides is 1. The number of nitrogens with two attached hydrogens (primary N) is 1. The number of hydrogen-bond acceptors (Lipinski definition) is 4. The van der Waals surface area contributed by atoms with Gasteiger partial charge >= 0.3 is 0 Å². The Hall–Kier alpha value is -2.40. The summed E-state index contributed by atoms with van der Waals surface area (Å²) in [5.41, 5.74) is 11.9. The van der Waals surface area contributed by atoms with E-state index in [0.29, 0.717) is 11.7 Å². The topological polar surface area (TPSA) is 71.2 Å². The van der Waals surface area contributed by atoms with Gasteiger partial charge in [-0.3, -0.25) is 10.2 Å². The van der Waals surface area contributed by atoms with E-state index in [1.165, 1.54) is 5.56 Å². The van der Waals surface area contributed by atoms with Gasteiger partial charge in [-0.2, -0.15) is 0 Å². The zero-order valence-electron chi connectivity index (χ0n) is 13.3. The first-order valence-corrected chi connectivity index (χ1v) is 7.97. The quantitative estimate of drug-likeness (QED) is 0.914. The molecule has 3 N–H and O–H groups in total. The van der Waals surface area contributed by atoms with Crippen LogP contribution in [0.15, 0.2) is 42.5 Å². The van der Waals surface area contributed by atoms with Crippen LogP contribution in [0.4, 0.5) is 5.82 Å². The van der Waals surface area contributed by atoms with Crippen molar-refractivity contribution in [3.8, 4) is 11.3 Å². The molecule has 1 amide bonds. The first-order chi connectivity index (χ1) is 11.1. The van der Waals surface area contributed by atoms with Crippen LogP contribution >= 0.6 is 0 Å². The molecule has 0 atom stereocenters. The zero-order chi connectivity index (χ0) is 16.2. The van der Waals surface area contributed by atoms with Crippen LogP contribution in [0.3, 0.4) is 0 Å². The number of aromatic nitrogens is 1. The fraction of sp³-hybridized carbons (Fsp3) is 0.333. The first kappa shape index (κ1) is 15.5. The van der Waals surface area contributed by atoms with E-state index in [4.69, 9.17) is 5.73 Å². The van der Waals surface area contributed by atoms with Crippen molar-refractivity contribution in [3.05, 3.63) is 48.0 Å². The number of pyridine rings is 1. The minimum absolute atomic E-state index is 0.00226. The van der Waals surface area contributed by atoms with Gasteiger partial charge in [0.05, 0.1) is 5.69 Å². The average Bonchev–Trinajstić information content (AvgIpc) is 2.55. The smallest absolute Gasteiger partial charge is 0.231 e. The SMILES string of the molecule is CC(=O)NN1CCC(c2ccc(-c3cccc(N)n3)cc2)CC1. The van der Waals surface area contributed by atoms with Crippen LogP contribution in [-0.4, -0.2) is 29.0 Å². The summed E-state index contributed by atoms with van der Waals surface area (Å²) < 4.78 is 0. The summed E-state index contributed by atoms with van der Waals surface area (Å²) in [5.74, 6) is 1.09. The highest BCUT2D eigenvalue weighted by Gasteiger charge is 2.20. The lowest BCUT2D eigenvalue weighted by atomic mass is 9.89. The zero-order valence-corrected chi connectivity index (χ0v) is 13.3. The van der Waals surface area contributed by atoms with Gasteiger partial charge in [-0.05, 0) is 36.5 Å². The van der Waals surface area contributed by atoms with E-state index in [1.807, 2.05) is 17.1 Å². The van der Waals surface area contributed by atoms with Crippen LogP contribution in [-0.2, 0) is 4.79 Å². The van der Waals surface area contributed by atoms with Crippen LogP contribution in [0.1, 0.15) is 31.2 Å².